The lowest BCUT2D eigenvalue weighted by molar-refractivity contribution is -0.905. The molecule has 3 aliphatic carbocycles. The van der Waals surface area contributed by atoms with E-state index in [0.717, 1.165) is 30.6 Å². The second-order valence-corrected chi connectivity index (χ2v) is 11.0. The number of quaternary nitrogens is 1. The van der Waals surface area contributed by atoms with E-state index < -0.39 is 0 Å². The molecular weight excluding hydrogens is 322 g/mol. The number of ether oxygens (including phenoxy) is 1. The number of piperidine rings is 1. The highest BCUT2D eigenvalue weighted by Crippen LogP contribution is 2.63. The Morgan fingerprint density at radius 2 is 1.92 bits per heavy atom. The number of hydrogen-bond donors (Lipinski definition) is 0. The summed E-state index contributed by atoms with van der Waals surface area (Å²) in [5.74, 6) is 2.48. The van der Waals surface area contributed by atoms with Gasteiger partial charge in [0, 0.05) is 25.2 Å². The Balaban J connectivity index is 1.57. The Morgan fingerprint density at radius 1 is 1.15 bits per heavy atom. The summed E-state index contributed by atoms with van der Waals surface area (Å²) in [5.41, 5.74) is 2.48. The van der Waals surface area contributed by atoms with Crippen molar-refractivity contribution in [2.24, 2.45) is 28.6 Å². The van der Waals surface area contributed by atoms with Crippen LogP contribution in [0.5, 0.6) is 0 Å². The Morgan fingerprint density at radius 3 is 2.65 bits per heavy atom. The van der Waals surface area contributed by atoms with Gasteiger partial charge in [0.1, 0.15) is 6.10 Å². The molecule has 3 fully saturated rings. The minimum absolute atomic E-state index is 0.116. The summed E-state index contributed by atoms with van der Waals surface area (Å²) in [6.07, 6.45) is 11.4. The van der Waals surface area contributed by atoms with Crippen LogP contribution in [0.2, 0.25) is 0 Å². The van der Waals surface area contributed by atoms with Crippen LogP contribution in [-0.2, 0) is 9.53 Å². The fraction of sp³-hybridized carbons (Fsp3) is 0.870. The van der Waals surface area contributed by atoms with Crippen molar-refractivity contribution in [1.82, 2.24) is 0 Å². The summed E-state index contributed by atoms with van der Waals surface area (Å²) in [4.78, 5) is 11.4. The molecular formula is C23H38NO2+. The Kier molecular flexibility index (Phi) is 4.34. The van der Waals surface area contributed by atoms with Crippen LogP contribution in [0.15, 0.2) is 11.6 Å². The maximum Gasteiger partial charge on any atom is 0.302 e. The third-order valence-electron chi connectivity index (χ3n) is 8.74. The van der Waals surface area contributed by atoms with Crippen LogP contribution in [0.3, 0.4) is 0 Å². The van der Waals surface area contributed by atoms with Gasteiger partial charge in [-0.1, -0.05) is 25.5 Å². The van der Waals surface area contributed by atoms with Gasteiger partial charge in [0.15, 0.2) is 0 Å². The van der Waals surface area contributed by atoms with Crippen LogP contribution in [0, 0.1) is 28.6 Å². The highest BCUT2D eigenvalue weighted by molar-refractivity contribution is 5.66. The smallest absolute Gasteiger partial charge is 0.302 e. The zero-order valence-electron chi connectivity index (χ0n) is 17.5. The van der Waals surface area contributed by atoms with Gasteiger partial charge in [0.05, 0.1) is 27.2 Å². The SMILES string of the molecule is CC(=O)O[C@H]1CC[C@@]2(C)C(=CC[C@H]3[C@@H]4CC[N+](C)(C)C[C@@]4(C)CC[C@@H]32)C1. The van der Waals surface area contributed by atoms with Crippen molar-refractivity contribution >= 4 is 5.97 Å². The zero-order chi connectivity index (χ0) is 18.7. The molecule has 0 bridgehead atoms. The highest BCUT2D eigenvalue weighted by atomic mass is 16.5. The monoisotopic (exact) mass is 360 g/mol. The summed E-state index contributed by atoms with van der Waals surface area (Å²) in [6.45, 7) is 9.36. The van der Waals surface area contributed by atoms with Gasteiger partial charge in [-0.05, 0) is 55.3 Å². The molecule has 0 amide bonds. The molecule has 1 saturated heterocycles. The molecule has 0 unspecified atom stereocenters. The summed E-state index contributed by atoms with van der Waals surface area (Å²) >= 11 is 0. The first-order valence-corrected chi connectivity index (χ1v) is 10.8. The highest BCUT2D eigenvalue weighted by Gasteiger charge is 2.57. The average molecular weight is 361 g/mol. The molecule has 0 radical (unpaired) electrons. The van der Waals surface area contributed by atoms with Gasteiger partial charge in [0.2, 0.25) is 0 Å². The molecule has 146 valence electrons. The van der Waals surface area contributed by atoms with E-state index in [1.807, 2.05) is 0 Å². The number of carbonyl (C=O) groups excluding carboxylic acids is 1. The van der Waals surface area contributed by atoms with Crippen LogP contribution in [0.1, 0.15) is 65.7 Å². The van der Waals surface area contributed by atoms with Gasteiger partial charge in [-0.2, -0.15) is 0 Å². The normalized spacial score (nSPS) is 47.0. The maximum absolute atomic E-state index is 11.4. The lowest BCUT2D eigenvalue weighted by Crippen LogP contribution is -2.61. The van der Waals surface area contributed by atoms with Crippen molar-refractivity contribution in [2.75, 3.05) is 27.2 Å². The molecule has 0 aromatic rings. The third-order valence-corrected chi connectivity index (χ3v) is 8.74. The number of hydrogen-bond acceptors (Lipinski definition) is 2. The summed E-state index contributed by atoms with van der Waals surface area (Å²) in [5, 5.41) is 0. The van der Waals surface area contributed by atoms with Crippen LogP contribution in [-0.4, -0.2) is 43.7 Å². The summed E-state index contributed by atoms with van der Waals surface area (Å²) in [6, 6.07) is 0. The molecule has 6 atom stereocenters. The van der Waals surface area contributed by atoms with E-state index in [9.17, 15) is 4.79 Å². The molecule has 4 aliphatic rings. The van der Waals surface area contributed by atoms with Gasteiger partial charge in [0.25, 0.3) is 0 Å². The fourth-order valence-corrected chi connectivity index (χ4v) is 7.66. The largest absolute Gasteiger partial charge is 0.462 e. The van der Waals surface area contributed by atoms with Gasteiger partial charge in [-0.25, -0.2) is 0 Å². The number of carbonyl (C=O) groups is 1. The molecule has 3 nitrogen and oxygen atoms in total. The van der Waals surface area contributed by atoms with E-state index in [4.69, 9.17) is 4.74 Å². The minimum Gasteiger partial charge on any atom is -0.462 e. The summed E-state index contributed by atoms with van der Waals surface area (Å²) in [7, 11) is 4.84. The van der Waals surface area contributed by atoms with Crippen LogP contribution < -0.4 is 0 Å². The number of allylic oxidation sites excluding steroid dienone is 1. The first-order valence-electron chi connectivity index (χ1n) is 10.8. The molecule has 26 heavy (non-hydrogen) atoms. The molecule has 0 N–H and O–H groups in total. The Bertz CT molecular complexity index is 624. The van der Waals surface area contributed by atoms with Crippen molar-refractivity contribution in [1.29, 1.82) is 0 Å². The second kappa shape index (κ2) is 6.09. The van der Waals surface area contributed by atoms with Crippen molar-refractivity contribution in [3.63, 3.8) is 0 Å². The molecule has 0 spiro atoms. The Labute approximate surface area is 159 Å². The van der Waals surface area contributed by atoms with Gasteiger partial charge in [-0.15, -0.1) is 0 Å². The zero-order valence-corrected chi connectivity index (χ0v) is 17.5. The van der Waals surface area contributed by atoms with Crippen molar-refractivity contribution in [3.05, 3.63) is 11.6 Å². The molecule has 3 heteroatoms. The molecule has 1 aliphatic heterocycles. The van der Waals surface area contributed by atoms with Gasteiger partial charge in [-0.3, -0.25) is 4.79 Å². The van der Waals surface area contributed by atoms with E-state index in [2.05, 4.69) is 34.0 Å². The van der Waals surface area contributed by atoms with Crippen LogP contribution in [0.25, 0.3) is 0 Å². The molecule has 0 aromatic heterocycles. The number of nitrogens with zero attached hydrogens (tertiary/aromatic N) is 1. The minimum atomic E-state index is -0.121. The van der Waals surface area contributed by atoms with E-state index >= 15 is 0 Å². The van der Waals surface area contributed by atoms with E-state index in [1.54, 1.807) is 12.5 Å². The Hall–Kier alpha value is -0.830. The standard InChI is InChI=1S/C23H38NO2/c1-16(25)26-18-8-12-23(3)17(14-18)6-7-19-20-10-13-24(4,5)15-22(20,2)11-9-21(19)23/h6,18-21H,7-15H2,1-5H3/q+1/t18-,19-,20-,21-,22+,23-/m0/s1. The predicted octanol–water partition coefficient (Wildman–Crippen LogP) is 4.57. The number of esters is 1. The topological polar surface area (TPSA) is 26.3 Å². The maximum atomic E-state index is 11.4. The molecule has 4 rings (SSSR count). The number of likely N-dealkylation sites (tertiary alicyclic amines) is 1. The predicted molar refractivity (Wildman–Crippen MR) is 104 cm³/mol. The quantitative estimate of drug-likeness (QED) is 0.389. The van der Waals surface area contributed by atoms with Crippen LogP contribution >= 0.6 is 0 Å². The average Bonchev–Trinajstić information content (AvgIpc) is 2.52. The van der Waals surface area contributed by atoms with E-state index in [0.29, 0.717) is 10.8 Å². The second-order valence-electron chi connectivity index (χ2n) is 11.0. The molecule has 0 aromatic carbocycles. The molecule has 1 heterocycles. The first kappa shape index (κ1) is 18.5. The lowest BCUT2D eigenvalue weighted by atomic mass is 9.46. The fourth-order valence-electron chi connectivity index (χ4n) is 7.66. The van der Waals surface area contributed by atoms with Crippen molar-refractivity contribution in [2.45, 2.75) is 71.8 Å². The van der Waals surface area contributed by atoms with E-state index in [1.165, 1.54) is 49.7 Å². The third kappa shape index (κ3) is 2.95. The van der Waals surface area contributed by atoms with Crippen molar-refractivity contribution < 1.29 is 14.0 Å². The molecule has 2 saturated carbocycles. The van der Waals surface area contributed by atoms with Crippen molar-refractivity contribution in [3.8, 4) is 0 Å². The van der Waals surface area contributed by atoms with Crippen LogP contribution in [0.4, 0.5) is 0 Å². The number of fused-ring (bicyclic) bond motifs is 5. The van der Waals surface area contributed by atoms with Gasteiger partial charge >= 0.3 is 5.97 Å². The van der Waals surface area contributed by atoms with Gasteiger partial charge < -0.3 is 9.22 Å². The number of rotatable bonds is 1. The summed E-state index contributed by atoms with van der Waals surface area (Å²) < 4.78 is 6.77. The first-order chi connectivity index (χ1) is 12.1. The lowest BCUT2D eigenvalue weighted by Gasteiger charge is -2.61. The van der Waals surface area contributed by atoms with E-state index in [-0.39, 0.29) is 12.1 Å².